The highest BCUT2D eigenvalue weighted by atomic mass is 19.1. The van der Waals surface area contributed by atoms with Crippen LogP contribution in [0, 0.1) is 17.1 Å². The highest BCUT2D eigenvalue weighted by Gasteiger charge is 2.12. The summed E-state index contributed by atoms with van der Waals surface area (Å²) in [4.78, 5) is 15.4. The van der Waals surface area contributed by atoms with Gasteiger partial charge in [-0.1, -0.05) is 12.1 Å². The molecule has 0 radical (unpaired) electrons. The summed E-state index contributed by atoms with van der Waals surface area (Å²) >= 11 is 0. The Morgan fingerprint density at radius 3 is 2.88 bits per heavy atom. The van der Waals surface area contributed by atoms with E-state index in [-0.39, 0.29) is 17.9 Å². The topological polar surface area (TPSA) is 71.6 Å². The van der Waals surface area contributed by atoms with Gasteiger partial charge in [0.25, 0.3) is 5.82 Å². The van der Waals surface area contributed by atoms with Crippen molar-refractivity contribution in [3.8, 4) is 6.07 Å². The van der Waals surface area contributed by atoms with Gasteiger partial charge < -0.3 is 0 Å². The fourth-order valence-corrected chi connectivity index (χ4v) is 1.34. The van der Waals surface area contributed by atoms with Crippen molar-refractivity contribution in [2.75, 3.05) is 0 Å². The molecule has 2 rings (SSSR count). The first kappa shape index (κ1) is 11.0. The van der Waals surface area contributed by atoms with Crippen molar-refractivity contribution in [3.63, 3.8) is 0 Å². The molecule has 84 valence electrons. The van der Waals surface area contributed by atoms with E-state index in [1.165, 1.54) is 29.2 Å². The number of Topliss-reactive ketones (excluding diaryl/α,β-unsaturated/α-hetero) is 1. The van der Waals surface area contributed by atoms with Crippen LogP contribution in [0.5, 0.6) is 0 Å². The number of carbonyl (C=O) groups is 1. The molecule has 2 aromatic rings. The number of halogens is 1. The molecule has 0 fully saturated rings. The smallest absolute Gasteiger partial charge is 0.252 e. The number of carbonyl (C=O) groups excluding carboxylic acids is 1. The largest absolute Gasteiger partial charge is 0.292 e. The fourth-order valence-electron chi connectivity index (χ4n) is 1.34. The van der Waals surface area contributed by atoms with Crippen LogP contribution < -0.4 is 0 Å². The van der Waals surface area contributed by atoms with Gasteiger partial charge >= 0.3 is 0 Å². The van der Waals surface area contributed by atoms with Gasteiger partial charge in [-0.15, -0.1) is 5.10 Å². The monoisotopic (exact) mass is 230 g/mol. The van der Waals surface area contributed by atoms with E-state index in [0.717, 1.165) is 0 Å². The number of benzene rings is 1. The Morgan fingerprint density at radius 1 is 1.47 bits per heavy atom. The van der Waals surface area contributed by atoms with Crippen LogP contribution in [0.15, 0.2) is 30.6 Å². The lowest BCUT2D eigenvalue weighted by molar-refractivity contribution is 0.0963. The molecule has 0 amide bonds. The third-order valence-corrected chi connectivity index (χ3v) is 2.12. The Hall–Kier alpha value is -2.55. The number of hydrogen-bond acceptors (Lipinski definition) is 4. The van der Waals surface area contributed by atoms with Crippen LogP contribution >= 0.6 is 0 Å². The van der Waals surface area contributed by atoms with Gasteiger partial charge in [0.1, 0.15) is 24.8 Å². The van der Waals surface area contributed by atoms with Crippen molar-refractivity contribution in [1.82, 2.24) is 14.8 Å². The molecule has 0 saturated heterocycles. The molecule has 6 heteroatoms. The van der Waals surface area contributed by atoms with Gasteiger partial charge in [0, 0.05) is 0 Å². The number of ketones is 1. The maximum absolute atomic E-state index is 13.3. The number of aromatic nitrogens is 3. The van der Waals surface area contributed by atoms with Crippen molar-refractivity contribution in [2.24, 2.45) is 0 Å². The Balaban J connectivity index is 2.18. The molecule has 0 aliphatic rings. The number of nitrogens with zero attached hydrogens (tertiary/aromatic N) is 4. The summed E-state index contributed by atoms with van der Waals surface area (Å²) in [7, 11) is 0. The van der Waals surface area contributed by atoms with Crippen LogP contribution in [0.25, 0.3) is 0 Å². The van der Waals surface area contributed by atoms with Crippen LogP contribution in [-0.4, -0.2) is 20.5 Å². The lowest BCUT2D eigenvalue weighted by atomic mass is 10.1. The molecule has 0 unspecified atom stereocenters. The first-order chi connectivity index (χ1) is 8.20. The molecule has 0 aliphatic heterocycles. The van der Waals surface area contributed by atoms with E-state index in [2.05, 4.69) is 10.1 Å². The number of hydrogen-bond donors (Lipinski definition) is 0. The molecular weight excluding hydrogens is 223 g/mol. The van der Waals surface area contributed by atoms with Crippen molar-refractivity contribution in [2.45, 2.75) is 6.54 Å². The highest BCUT2D eigenvalue weighted by Crippen LogP contribution is 2.08. The average molecular weight is 230 g/mol. The second kappa shape index (κ2) is 4.53. The van der Waals surface area contributed by atoms with Gasteiger partial charge in [0.2, 0.25) is 0 Å². The zero-order chi connectivity index (χ0) is 12.3. The third-order valence-electron chi connectivity index (χ3n) is 2.12. The minimum absolute atomic E-state index is 0.00140. The van der Waals surface area contributed by atoms with Crippen LogP contribution in [-0.2, 0) is 6.54 Å². The second-order valence-electron chi connectivity index (χ2n) is 3.28. The lowest BCUT2D eigenvalue weighted by Crippen LogP contribution is -2.12. The Kier molecular flexibility index (Phi) is 2.92. The van der Waals surface area contributed by atoms with Crippen molar-refractivity contribution in [1.29, 1.82) is 5.26 Å². The van der Waals surface area contributed by atoms with E-state index in [1.807, 2.05) is 0 Å². The molecule has 0 saturated carbocycles. The van der Waals surface area contributed by atoms with Crippen molar-refractivity contribution >= 4 is 5.78 Å². The quantitative estimate of drug-likeness (QED) is 0.742. The Labute approximate surface area is 96.1 Å². The minimum atomic E-state index is -0.571. The first-order valence-corrected chi connectivity index (χ1v) is 4.78. The molecule has 1 aromatic heterocycles. The van der Waals surface area contributed by atoms with Gasteiger partial charge in [-0.2, -0.15) is 5.26 Å². The number of rotatable bonds is 3. The molecule has 0 atom stereocenters. The van der Waals surface area contributed by atoms with Gasteiger partial charge in [-0.25, -0.2) is 14.1 Å². The Bertz CT molecular complexity index is 600. The minimum Gasteiger partial charge on any atom is -0.292 e. The van der Waals surface area contributed by atoms with Crippen molar-refractivity contribution in [3.05, 3.63) is 47.8 Å². The summed E-state index contributed by atoms with van der Waals surface area (Å²) in [6.45, 7) is -0.143. The molecule has 17 heavy (non-hydrogen) atoms. The zero-order valence-electron chi connectivity index (χ0n) is 8.67. The summed E-state index contributed by atoms with van der Waals surface area (Å²) in [6, 6.07) is 7.45. The third kappa shape index (κ3) is 2.34. The fraction of sp³-hybridized carbons (Fsp3) is 0.0909. The van der Waals surface area contributed by atoms with Crippen molar-refractivity contribution < 1.29 is 9.18 Å². The van der Waals surface area contributed by atoms with E-state index in [1.54, 1.807) is 12.1 Å². The van der Waals surface area contributed by atoms with Gasteiger partial charge in [0.15, 0.2) is 5.78 Å². The predicted molar refractivity (Wildman–Crippen MR) is 55.5 cm³/mol. The van der Waals surface area contributed by atoms with E-state index < -0.39 is 11.6 Å². The second-order valence-corrected chi connectivity index (χ2v) is 3.28. The first-order valence-electron chi connectivity index (χ1n) is 4.78. The molecular formula is C11H7FN4O. The normalized spacial score (nSPS) is 9.88. The maximum Gasteiger partial charge on any atom is 0.252 e. The van der Waals surface area contributed by atoms with Gasteiger partial charge in [-0.05, 0) is 12.1 Å². The molecule has 0 N–H and O–H groups in total. The highest BCUT2D eigenvalue weighted by molar-refractivity contribution is 5.96. The molecule has 1 heterocycles. The summed E-state index contributed by atoms with van der Waals surface area (Å²) in [5, 5.41) is 12.2. The van der Waals surface area contributed by atoms with Gasteiger partial charge in [-0.3, -0.25) is 4.79 Å². The molecule has 5 nitrogen and oxygen atoms in total. The van der Waals surface area contributed by atoms with E-state index in [4.69, 9.17) is 5.26 Å². The maximum atomic E-state index is 13.3. The number of nitriles is 1. The molecule has 0 aliphatic carbocycles. The van der Waals surface area contributed by atoms with Gasteiger partial charge in [0.05, 0.1) is 5.56 Å². The van der Waals surface area contributed by atoms with E-state index >= 15 is 0 Å². The van der Waals surface area contributed by atoms with Crippen LogP contribution in [0.4, 0.5) is 4.39 Å². The average Bonchev–Trinajstić information content (AvgIpc) is 2.77. The SMILES string of the molecule is N#Cc1ncn(CC(=O)c2ccccc2F)n1. The molecule has 0 spiro atoms. The van der Waals surface area contributed by atoms with E-state index in [0.29, 0.717) is 0 Å². The predicted octanol–water partition coefficient (Wildman–Crippen LogP) is 1.17. The summed E-state index contributed by atoms with van der Waals surface area (Å²) in [6.07, 6.45) is 1.26. The van der Waals surface area contributed by atoms with Crippen LogP contribution in [0.1, 0.15) is 16.2 Å². The van der Waals surface area contributed by atoms with Crippen LogP contribution in [0.3, 0.4) is 0 Å². The Morgan fingerprint density at radius 2 is 2.24 bits per heavy atom. The van der Waals surface area contributed by atoms with E-state index in [9.17, 15) is 9.18 Å². The lowest BCUT2D eigenvalue weighted by Gasteiger charge is -2.01. The standard InChI is InChI=1S/C11H7FN4O/c12-9-4-2-1-3-8(9)10(17)6-16-7-14-11(5-13)15-16/h1-4,7H,6H2. The summed E-state index contributed by atoms with van der Waals surface area (Å²) in [5.41, 5.74) is 0.00140. The summed E-state index contributed by atoms with van der Waals surface area (Å²) < 4.78 is 14.5. The summed E-state index contributed by atoms with van der Waals surface area (Å²) in [5.74, 6) is -1.01. The van der Waals surface area contributed by atoms with Crippen LogP contribution in [0.2, 0.25) is 0 Å². The molecule has 0 bridgehead atoms. The molecule has 1 aromatic carbocycles. The zero-order valence-corrected chi connectivity index (χ0v) is 8.67.